The Labute approximate surface area is 100 Å². The van der Waals surface area contributed by atoms with Gasteiger partial charge >= 0.3 is 6.03 Å². The number of nitrogens with one attached hydrogen (secondary N) is 2. The number of ether oxygens (including phenoxy) is 1. The van der Waals surface area contributed by atoms with Crippen molar-refractivity contribution in [3.63, 3.8) is 0 Å². The number of carbonyl (C=O) groups excluding carboxylic acids is 1. The normalized spacial score (nSPS) is 23.9. The molecule has 0 aliphatic carbocycles. The molecule has 0 bridgehead atoms. The standard InChI is InChI=1S/C12H17N3O2/c13-11-10(6-14-12(16)15-11)8-17-7-9-4-2-1-3-5-9/h1-5,10-11H,6-8,13H2,(H2,14,15,16). The summed E-state index contributed by atoms with van der Waals surface area (Å²) in [4.78, 5) is 11.0. The van der Waals surface area contributed by atoms with Crippen LogP contribution in [0.1, 0.15) is 5.56 Å². The van der Waals surface area contributed by atoms with Gasteiger partial charge in [0.05, 0.1) is 19.4 Å². The van der Waals surface area contributed by atoms with Crippen molar-refractivity contribution >= 4 is 6.03 Å². The Morgan fingerprint density at radius 2 is 2.12 bits per heavy atom. The molecule has 5 heteroatoms. The lowest BCUT2D eigenvalue weighted by Gasteiger charge is -2.29. The predicted molar refractivity (Wildman–Crippen MR) is 64.1 cm³/mol. The molecule has 0 radical (unpaired) electrons. The van der Waals surface area contributed by atoms with Gasteiger partial charge in [-0.3, -0.25) is 0 Å². The first-order valence-corrected chi connectivity index (χ1v) is 5.67. The molecule has 1 saturated heterocycles. The molecule has 2 unspecified atom stereocenters. The second kappa shape index (κ2) is 5.65. The van der Waals surface area contributed by atoms with Gasteiger partial charge in [0.25, 0.3) is 0 Å². The summed E-state index contributed by atoms with van der Waals surface area (Å²) in [6.45, 7) is 1.66. The second-order valence-electron chi connectivity index (χ2n) is 4.14. The van der Waals surface area contributed by atoms with E-state index in [0.29, 0.717) is 19.8 Å². The number of benzene rings is 1. The fourth-order valence-corrected chi connectivity index (χ4v) is 1.74. The quantitative estimate of drug-likeness (QED) is 0.707. The lowest BCUT2D eigenvalue weighted by atomic mass is 10.1. The molecule has 0 aromatic heterocycles. The van der Waals surface area contributed by atoms with E-state index in [9.17, 15) is 4.79 Å². The molecule has 5 nitrogen and oxygen atoms in total. The van der Waals surface area contributed by atoms with Crippen LogP contribution >= 0.6 is 0 Å². The van der Waals surface area contributed by atoms with Gasteiger partial charge in [0.15, 0.2) is 0 Å². The van der Waals surface area contributed by atoms with Gasteiger partial charge in [0.2, 0.25) is 0 Å². The topological polar surface area (TPSA) is 76.4 Å². The van der Waals surface area contributed by atoms with E-state index in [0.717, 1.165) is 5.56 Å². The highest BCUT2D eigenvalue weighted by Gasteiger charge is 2.25. The smallest absolute Gasteiger partial charge is 0.316 e. The van der Waals surface area contributed by atoms with Gasteiger partial charge in [-0.2, -0.15) is 0 Å². The molecule has 2 rings (SSSR count). The minimum Gasteiger partial charge on any atom is -0.376 e. The van der Waals surface area contributed by atoms with E-state index in [1.165, 1.54) is 0 Å². The molecule has 1 aromatic carbocycles. The highest BCUT2D eigenvalue weighted by atomic mass is 16.5. The summed E-state index contributed by atoms with van der Waals surface area (Å²) in [5, 5.41) is 5.33. The summed E-state index contributed by atoms with van der Waals surface area (Å²) in [5.74, 6) is 0.108. The molecule has 0 saturated carbocycles. The molecule has 2 atom stereocenters. The summed E-state index contributed by atoms with van der Waals surface area (Å²) in [6, 6.07) is 9.75. The first kappa shape index (κ1) is 11.9. The second-order valence-corrected chi connectivity index (χ2v) is 4.14. The van der Waals surface area contributed by atoms with E-state index in [4.69, 9.17) is 10.5 Å². The van der Waals surface area contributed by atoms with Crippen molar-refractivity contribution in [2.24, 2.45) is 11.7 Å². The zero-order chi connectivity index (χ0) is 12.1. The number of carbonyl (C=O) groups is 1. The molecular formula is C12H17N3O2. The number of hydrogen-bond donors (Lipinski definition) is 3. The summed E-state index contributed by atoms with van der Waals surface area (Å²) in [6.07, 6.45) is -0.334. The first-order chi connectivity index (χ1) is 8.25. The molecule has 1 aliphatic rings. The van der Waals surface area contributed by atoms with Gasteiger partial charge in [0, 0.05) is 12.5 Å². The lowest BCUT2D eigenvalue weighted by molar-refractivity contribution is 0.0704. The highest BCUT2D eigenvalue weighted by molar-refractivity contribution is 5.75. The van der Waals surface area contributed by atoms with E-state index >= 15 is 0 Å². The van der Waals surface area contributed by atoms with Gasteiger partial charge in [-0.1, -0.05) is 30.3 Å². The fraction of sp³-hybridized carbons (Fsp3) is 0.417. The zero-order valence-corrected chi connectivity index (χ0v) is 9.56. The summed E-state index contributed by atoms with van der Waals surface area (Å²) < 4.78 is 5.59. The van der Waals surface area contributed by atoms with E-state index in [2.05, 4.69) is 10.6 Å². The van der Waals surface area contributed by atoms with Crippen molar-refractivity contribution in [3.8, 4) is 0 Å². The van der Waals surface area contributed by atoms with Crippen LogP contribution in [-0.4, -0.2) is 25.3 Å². The van der Waals surface area contributed by atoms with Gasteiger partial charge in [-0.05, 0) is 5.56 Å². The Bertz CT molecular complexity index is 369. The molecule has 1 aromatic rings. The molecule has 17 heavy (non-hydrogen) atoms. The van der Waals surface area contributed by atoms with Crippen LogP contribution in [0.25, 0.3) is 0 Å². The van der Waals surface area contributed by atoms with E-state index in [1.54, 1.807) is 0 Å². The summed E-state index contributed by atoms with van der Waals surface area (Å²) in [7, 11) is 0. The molecule has 1 heterocycles. The average molecular weight is 235 g/mol. The van der Waals surface area contributed by atoms with Crippen LogP contribution in [0.5, 0.6) is 0 Å². The molecule has 1 aliphatic heterocycles. The van der Waals surface area contributed by atoms with Crippen molar-refractivity contribution in [2.75, 3.05) is 13.2 Å². The van der Waals surface area contributed by atoms with Gasteiger partial charge < -0.3 is 21.1 Å². The number of urea groups is 1. The fourth-order valence-electron chi connectivity index (χ4n) is 1.74. The van der Waals surface area contributed by atoms with Crippen LogP contribution in [0.15, 0.2) is 30.3 Å². The van der Waals surface area contributed by atoms with Crippen molar-refractivity contribution in [3.05, 3.63) is 35.9 Å². The van der Waals surface area contributed by atoms with E-state index < -0.39 is 0 Å². The Morgan fingerprint density at radius 1 is 1.35 bits per heavy atom. The number of rotatable bonds is 4. The average Bonchev–Trinajstić information content (AvgIpc) is 2.33. The predicted octanol–water partition coefficient (Wildman–Crippen LogP) is 0.417. The van der Waals surface area contributed by atoms with Crippen molar-refractivity contribution in [1.29, 1.82) is 0 Å². The first-order valence-electron chi connectivity index (χ1n) is 5.67. The maximum absolute atomic E-state index is 11.0. The maximum Gasteiger partial charge on any atom is 0.316 e. The minimum atomic E-state index is -0.334. The molecular weight excluding hydrogens is 218 g/mol. The Hall–Kier alpha value is -1.59. The number of nitrogens with two attached hydrogens (primary N) is 1. The monoisotopic (exact) mass is 235 g/mol. The molecule has 0 spiro atoms. The Kier molecular flexibility index (Phi) is 3.95. The number of amides is 2. The van der Waals surface area contributed by atoms with Crippen LogP contribution in [0.2, 0.25) is 0 Å². The van der Waals surface area contributed by atoms with Crippen LogP contribution in [0.3, 0.4) is 0 Å². The van der Waals surface area contributed by atoms with Crippen molar-refractivity contribution in [2.45, 2.75) is 12.8 Å². The molecule has 4 N–H and O–H groups in total. The van der Waals surface area contributed by atoms with Crippen molar-refractivity contribution in [1.82, 2.24) is 10.6 Å². The van der Waals surface area contributed by atoms with Crippen LogP contribution < -0.4 is 16.4 Å². The third-order valence-electron chi connectivity index (χ3n) is 2.77. The molecule has 2 amide bonds. The molecule has 1 fully saturated rings. The maximum atomic E-state index is 11.0. The van der Waals surface area contributed by atoms with Crippen LogP contribution in [0.4, 0.5) is 4.79 Å². The molecule has 92 valence electrons. The summed E-state index contributed by atoms with van der Waals surface area (Å²) in [5.41, 5.74) is 6.93. The minimum absolute atomic E-state index is 0.108. The SMILES string of the molecule is NC1NC(=O)NCC1COCc1ccccc1. The van der Waals surface area contributed by atoms with Crippen LogP contribution in [-0.2, 0) is 11.3 Å². The zero-order valence-electron chi connectivity index (χ0n) is 9.56. The van der Waals surface area contributed by atoms with Crippen LogP contribution in [0, 0.1) is 5.92 Å². The lowest BCUT2D eigenvalue weighted by Crippen LogP contribution is -2.59. The van der Waals surface area contributed by atoms with E-state index in [-0.39, 0.29) is 18.1 Å². The van der Waals surface area contributed by atoms with Gasteiger partial charge in [-0.15, -0.1) is 0 Å². The Balaban J connectivity index is 1.73. The van der Waals surface area contributed by atoms with Gasteiger partial charge in [0.1, 0.15) is 0 Å². The third kappa shape index (κ3) is 3.44. The van der Waals surface area contributed by atoms with Crippen molar-refractivity contribution < 1.29 is 9.53 Å². The third-order valence-corrected chi connectivity index (χ3v) is 2.77. The van der Waals surface area contributed by atoms with E-state index in [1.807, 2.05) is 30.3 Å². The Morgan fingerprint density at radius 3 is 2.82 bits per heavy atom. The van der Waals surface area contributed by atoms with Gasteiger partial charge in [-0.25, -0.2) is 4.79 Å². The number of hydrogen-bond acceptors (Lipinski definition) is 3. The summed E-state index contributed by atoms with van der Waals surface area (Å²) >= 11 is 0. The highest BCUT2D eigenvalue weighted by Crippen LogP contribution is 2.06. The largest absolute Gasteiger partial charge is 0.376 e.